The highest BCUT2D eigenvalue weighted by Gasteiger charge is 2.16. The molecule has 0 heterocycles. The number of rotatable bonds is 19. The molecule has 105 heavy (non-hydrogen) atoms. The smallest absolute Gasteiger partial charge is 0.0132 e. The van der Waals surface area contributed by atoms with Gasteiger partial charge in [0, 0.05) is 0 Å². The van der Waals surface area contributed by atoms with Crippen molar-refractivity contribution in [2.75, 3.05) is 0 Å². The topological polar surface area (TPSA) is 0 Å². The lowest BCUT2D eigenvalue weighted by Crippen LogP contribution is -2.11. The van der Waals surface area contributed by atoms with Crippen molar-refractivity contribution < 1.29 is 0 Å². The molecule has 0 heteroatoms. The maximum absolute atomic E-state index is 2.35. The minimum absolute atomic E-state index is 0.264. The predicted octanol–water partition coefficient (Wildman–Crippen LogP) is 33.2. The van der Waals surface area contributed by atoms with E-state index >= 15 is 0 Å². The Hall–Kier alpha value is -6.24. The first-order valence-corrected chi connectivity index (χ1v) is 41.7. The quantitative estimate of drug-likeness (QED) is 0.0757. The molecule has 8 rings (SSSR count). The average Bonchev–Trinajstić information content (AvgIpc) is 0.834. The Morgan fingerprint density at radius 1 is 0.267 bits per heavy atom. The van der Waals surface area contributed by atoms with Crippen molar-refractivity contribution in [1.29, 1.82) is 0 Å². The van der Waals surface area contributed by atoms with Crippen molar-refractivity contribution in [1.82, 2.24) is 0 Å². The van der Waals surface area contributed by atoms with Crippen LogP contribution in [-0.2, 0) is 31.1 Å². The van der Waals surface area contributed by atoms with Crippen molar-refractivity contribution in [3.05, 3.63) is 279 Å². The highest BCUT2D eigenvalue weighted by atomic mass is 14.2. The van der Waals surface area contributed by atoms with Gasteiger partial charge in [-0.3, -0.25) is 0 Å². The molecule has 0 aromatic heterocycles. The second kappa shape index (κ2) is 48.9. The van der Waals surface area contributed by atoms with Gasteiger partial charge in [-0.1, -0.05) is 358 Å². The summed E-state index contributed by atoms with van der Waals surface area (Å²) in [5, 5.41) is 0. The van der Waals surface area contributed by atoms with Crippen LogP contribution < -0.4 is 0 Å². The van der Waals surface area contributed by atoms with Crippen LogP contribution in [0.5, 0.6) is 0 Å². The molecule has 1 unspecified atom stereocenters. The van der Waals surface area contributed by atoms with Gasteiger partial charge in [0.25, 0.3) is 0 Å². The number of hydrogen-bond acceptors (Lipinski definition) is 0. The van der Waals surface area contributed by atoms with E-state index in [1.807, 2.05) is 0 Å². The fourth-order valence-corrected chi connectivity index (χ4v) is 14.2. The van der Waals surface area contributed by atoms with Gasteiger partial charge < -0.3 is 0 Å². The van der Waals surface area contributed by atoms with Crippen LogP contribution in [0.3, 0.4) is 0 Å². The standard InChI is InChI=1S/4C14H22.2C13H20.C12H18.C11H16/c1-10(2)13-8-7-12(9-11(13)3)14(4,5)6;1-10(2)8-13-6-7-14(11(3)4)12(5)9-13;1-6-11(4)13-7-8-14(10(2)3)12(5)9-13;1-5-6-7-13-8-9-14(11(2)3)12(4)10-13;1-9(2)12-6-7-13(10(3)4)11(5)8-12;1-5-6-12-7-8-13(10(2)3)11(4)9-12;1-5-11-6-7-12(9(2)3)10(4)8-11;1-8(2)11-6-5-9(3)7-10(11)4/h7-10H,1-6H3;6-7,9-11H,8H2,1-5H3;7-11H,6H2,1-5H3;8-11H,5-7H2,1-4H3;6-10H,1-5H3;7-10H,5-6H2,1-4H3;6-9H,5H2,1-4H3;5-8H,1-4H3. The lowest BCUT2D eigenvalue weighted by atomic mass is 9.84. The van der Waals surface area contributed by atoms with Gasteiger partial charge in [0.05, 0.1) is 0 Å². The molecule has 0 amide bonds. The molecule has 8 aromatic carbocycles. The molecule has 582 valence electrons. The summed E-state index contributed by atoms with van der Waals surface area (Å²) in [5.41, 5.74) is 35.2. The monoisotopic (exact) mass is 1420 g/mol. The van der Waals surface area contributed by atoms with Crippen LogP contribution in [0.4, 0.5) is 0 Å². The van der Waals surface area contributed by atoms with Crippen LogP contribution in [-0.4, -0.2) is 0 Å². The number of aryl methyl sites for hydroxylation is 12. The van der Waals surface area contributed by atoms with Gasteiger partial charge >= 0.3 is 0 Å². The third kappa shape index (κ3) is 35.6. The van der Waals surface area contributed by atoms with E-state index in [1.165, 1.54) is 178 Å². The van der Waals surface area contributed by atoms with E-state index in [9.17, 15) is 0 Å². The summed E-state index contributed by atoms with van der Waals surface area (Å²) in [6.07, 6.45) is 9.82. The fraction of sp³-hybridized carbons (Fsp3) is 0.543. The Morgan fingerprint density at radius 3 is 0.867 bits per heavy atom. The second-order valence-electron chi connectivity index (χ2n) is 35.2. The summed E-state index contributed by atoms with van der Waals surface area (Å²) in [6.45, 7) is 82.8. The van der Waals surface area contributed by atoms with Crippen molar-refractivity contribution in [2.24, 2.45) is 5.92 Å². The predicted molar refractivity (Wildman–Crippen MR) is 479 cm³/mol. The van der Waals surface area contributed by atoms with E-state index in [4.69, 9.17) is 0 Å². The molecule has 0 bridgehead atoms. The summed E-state index contributed by atoms with van der Waals surface area (Å²) in [6, 6.07) is 54.9. The Morgan fingerprint density at radius 2 is 0.562 bits per heavy atom. The molecule has 0 saturated carbocycles. The normalized spacial score (nSPS) is 11.5. The van der Waals surface area contributed by atoms with E-state index in [0.717, 1.165) is 12.3 Å². The number of unbranched alkanes of at least 4 members (excludes halogenated alkanes) is 1. The van der Waals surface area contributed by atoms with E-state index in [-0.39, 0.29) is 5.41 Å². The molecule has 0 aliphatic heterocycles. The third-order valence-electron chi connectivity index (χ3n) is 20.7. The molecule has 0 N–H and O–H groups in total. The Labute approximate surface area is 653 Å². The second-order valence-corrected chi connectivity index (χ2v) is 35.2. The summed E-state index contributed by atoms with van der Waals surface area (Å²) < 4.78 is 0. The molecule has 0 spiro atoms. The molecule has 0 nitrogen and oxygen atoms in total. The Bertz CT molecular complexity index is 3720. The summed E-state index contributed by atoms with van der Waals surface area (Å²) in [4.78, 5) is 0. The summed E-state index contributed by atoms with van der Waals surface area (Å²) >= 11 is 0. The minimum Gasteiger partial charge on any atom is -0.0654 e. The average molecular weight is 1420 g/mol. The van der Waals surface area contributed by atoms with Crippen LogP contribution in [0.25, 0.3) is 0 Å². The number of hydrogen-bond donors (Lipinski definition) is 0. The van der Waals surface area contributed by atoms with Gasteiger partial charge in [-0.15, -0.1) is 0 Å². The first kappa shape index (κ1) is 96.8. The minimum atomic E-state index is 0.264. The first-order chi connectivity index (χ1) is 49.0. The lowest BCUT2D eigenvalue weighted by Gasteiger charge is -2.21. The molecular formula is C105H162. The van der Waals surface area contributed by atoms with Gasteiger partial charge in [0.1, 0.15) is 0 Å². The number of benzene rings is 8. The van der Waals surface area contributed by atoms with Crippen molar-refractivity contribution in [3.63, 3.8) is 0 Å². The zero-order valence-electron chi connectivity index (χ0n) is 75.4. The highest BCUT2D eigenvalue weighted by molar-refractivity contribution is 5.40. The van der Waals surface area contributed by atoms with Crippen molar-refractivity contribution in [2.45, 2.75) is 372 Å². The maximum atomic E-state index is 2.35. The van der Waals surface area contributed by atoms with Crippen molar-refractivity contribution in [3.8, 4) is 0 Å². The van der Waals surface area contributed by atoms with Gasteiger partial charge in [-0.2, -0.15) is 0 Å². The van der Waals surface area contributed by atoms with E-state index in [1.54, 1.807) is 0 Å². The highest BCUT2D eigenvalue weighted by Crippen LogP contribution is 2.31. The largest absolute Gasteiger partial charge is 0.0654 e. The zero-order valence-corrected chi connectivity index (χ0v) is 75.4. The fourth-order valence-electron chi connectivity index (χ4n) is 14.2. The molecule has 0 aliphatic carbocycles. The van der Waals surface area contributed by atoms with Crippen LogP contribution in [0, 0.1) is 68.2 Å². The molecule has 1 atom stereocenters. The molecule has 0 aliphatic rings. The van der Waals surface area contributed by atoms with E-state index in [0.29, 0.717) is 59.2 Å². The summed E-state index contributed by atoms with van der Waals surface area (Å²) in [5.74, 6) is 7.22. The van der Waals surface area contributed by atoms with Gasteiger partial charge in [0.15, 0.2) is 0 Å². The molecule has 8 aromatic rings. The molecule has 0 saturated heterocycles. The van der Waals surface area contributed by atoms with E-state index in [2.05, 4.69) is 402 Å². The van der Waals surface area contributed by atoms with Gasteiger partial charge in [-0.05, 0) is 299 Å². The molecular weight excluding hydrogens is 1260 g/mol. The van der Waals surface area contributed by atoms with Crippen LogP contribution in [0.15, 0.2) is 146 Å². The zero-order chi connectivity index (χ0) is 80.3. The van der Waals surface area contributed by atoms with E-state index < -0.39 is 0 Å². The van der Waals surface area contributed by atoms with Gasteiger partial charge in [-0.25, -0.2) is 0 Å². The third-order valence-corrected chi connectivity index (χ3v) is 20.7. The molecule has 0 radical (unpaired) electrons. The Kier molecular flexibility index (Phi) is 45.1. The van der Waals surface area contributed by atoms with Crippen LogP contribution >= 0.6 is 0 Å². The Balaban J connectivity index is 0.000000601. The van der Waals surface area contributed by atoms with Crippen LogP contribution in [0.2, 0.25) is 0 Å². The summed E-state index contributed by atoms with van der Waals surface area (Å²) in [7, 11) is 0. The SMILES string of the molecule is CCC(C)c1ccc(C(C)C)c(C)c1.CCCCc1ccc(C(C)C)c(C)c1.CCCc1ccc(C(C)C)c(C)c1.CCc1ccc(C(C)C)c(C)c1.Cc1cc(C(C)(C)C)ccc1C(C)C.Cc1cc(C(C)C)ccc1C(C)C.Cc1cc(CC(C)C)ccc1C(C)C.Cc1ccc(C(C)C)c(C)c1. The van der Waals surface area contributed by atoms with Gasteiger partial charge in [0.2, 0.25) is 0 Å². The van der Waals surface area contributed by atoms with Crippen LogP contribution in [0.1, 0.15) is 412 Å². The first-order valence-electron chi connectivity index (χ1n) is 41.7. The maximum Gasteiger partial charge on any atom is -0.0132 e. The lowest BCUT2D eigenvalue weighted by molar-refractivity contribution is 0.589. The molecule has 0 fully saturated rings. The van der Waals surface area contributed by atoms with Crippen molar-refractivity contribution >= 4 is 0 Å².